The van der Waals surface area contributed by atoms with Crippen LogP contribution in [0.5, 0.6) is 5.75 Å². The monoisotopic (exact) mass is 666 g/mol. The number of nitrogens with zero attached hydrogens (tertiary/aromatic N) is 4. The third-order valence-electron chi connectivity index (χ3n) is 8.22. The first-order chi connectivity index (χ1) is 21.3. The van der Waals surface area contributed by atoms with Gasteiger partial charge in [0.25, 0.3) is 5.91 Å². The van der Waals surface area contributed by atoms with Gasteiger partial charge in [-0.25, -0.2) is 9.18 Å². The van der Waals surface area contributed by atoms with E-state index in [-0.39, 0.29) is 49.4 Å². The molecule has 8 nitrogen and oxygen atoms in total. The molecule has 2 atom stereocenters. The molecule has 0 aliphatic carbocycles. The quantitative estimate of drug-likeness (QED) is 0.290. The molecule has 1 aromatic heterocycles. The third-order valence-corrected chi connectivity index (χ3v) is 8.96. The Bertz CT molecular complexity index is 1570. The first kappa shape index (κ1) is 32.5. The summed E-state index contributed by atoms with van der Waals surface area (Å²) in [5.41, 5.74) is -0.272. The molecule has 0 radical (unpaired) electrons. The molecule has 2 aromatic carbocycles. The number of hydrogen-bond donors (Lipinski definition) is 0. The Kier molecular flexibility index (Phi) is 9.54. The minimum Gasteiger partial charge on any atom is -0.410 e. The van der Waals surface area contributed by atoms with Crippen molar-refractivity contribution in [1.82, 2.24) is 19.7 Å². The van der Waals surface area contributed by atoms with E-state index in [1.165, 1.54) is 34.1 Å². The van der Waals surface area contributed by atoms with Crippen LogP contribution in [-0.2, 0) is 11.0 Å². The van der Waals surface area contributed by atoms with E-state index in [9.17, 15) is 31.9 Å². The second kappa shape index (κ2) is 13.2. The number of likely N-dealkylation sites (N-methyl/N-ethyl adjacent to an activating group) is 1. The highest BCUT2D eigenvalue weighted by molar-refractivity contribution is 6.42. The second-order valence-corrected chi connectivity index (χ2v) is 11.8. The SMILES string of the molecule is CN(C(=O)Oc1ccc(F)cc1)C1CN(C(=O)C2CCN(C(=O)c3ccc(C(F)(F)F)cn3)CC2)CC1c1ccc(Cl)c(Cl)c1. The van der Waals surface area contributed by atoms with Gasteiger partial charge >= 0.3 is 12.3 Å². The fourth-order valence-electron chi connectivity index (χ4n) is 5.68. The predicted molar refractivity (Wildman–Crippen MR) is 158 cm³/mol. The van der Waals surface area contributed by atoms with E-state index in [0.29, 0.717) is 29.1 Å². The lowest BCUT2D eigenvalue weighted by Gasteiger charge is -2.33. The maximum Gasteiger partial charge on any atom is 0.417 e. The molecule has 2 aliphatic rings. The Balaban J connectivity index is 1.26. The summed E-state index contributed by atoms with van der Waals surface area (Å²) in [7, 11) is 1.56. The molecule has 2 aliphatic heterocycles. The predicted octanol–water partition coefficient (Wildman–Crippen LogP) is 6.52. The van der Waals surface area contributed by atoms with Crippen molar-refractivity contribution in [2.24, 2.45) is 5.92 Å². The molecule has 0 spiro atoms. The number of halogens is 6. The molecule has 2 unspecified atom stereocenters. The van der Waals surface area contributed by atoms with Crippen molar-refractivity contribution in [1.29, 1.82) is 0 Å². The number of ether oxygens (including phenoxy) is 1. The van der Waals surface area contributed by atoms with Crippen LogP contribution in [-0.4, -0.2) is 76.9 Å². The van der Waals surface area contributed by atoms with Crippen LogP contribution < -0.4 is 4.74 Å². The Morgan fingerprint density at radius 3 is 2.22 bits per heavy atom. The van der Waals surface area contributed by atoms with E-state index in [0.717, 1.165) is 17.7 Å². The van der Waals surface area contributed by atoms with Crippen LogP contribution in [0.3, 0.4) is 0 Å². The van der Waals surface area contributed by atoms with Crippen LogP contribution in [0.15, 0.2) is 60.8 Å². The Morgan fingerprint density at radius 2 is 1.62 bits per heavy atom. The molecule has 3 heterocycles. The number of alkyl halides is 3. The van der Waals surface area contributed by atoms with E-state index in [1.807, 2.05) is 0 Å². The van der Waals surface area contributed by atoms with E-state index >= 15 is 0 Å². The molecule has 2 saturated heterocycles. The summed E-state index contributed by atoms with van der Waals surface area (Å²) in [6, 6.07) is 11.5. The van der Waals surface area contributed by atoms with Gasteiger partial charge in [-0.3, -0.25) is 14.6 Å². The first-order valence-corrected chi connectivity index (χ1v) is 14.8. The highest BCUT2D eigenvalue weighted by atomic mass is 35.5. The number of piperidine rings is 1. The Labute approximate surface area is 266 Å². The average molecular weight is 667 g/mol. The van der Waals surface area contributed by atoms with Gasteiger partial charge in [0.1, 0.15) is 17.3 Å². The van der Waals surface area contributed by atoms with Gasteiger partial charge in [-0.15, -0.1) is 0 Å². The molecule has 3 aromatic rings. The average Bonchev–Trinajstić information content (AvgIpc) is 3.47. The van der Waals surface area contributed by atoms with Crippen LogP contribution in [0.2, 0.25) is 10.0 Å². The molecule has 14 heteroatoms. The number of amides is 3. The van der Waals surface area contributed by atoms with Crippen molar-refractivity contribution in [3.05, 3.63) is 93.5 Å². The Morgan fingerprint density at radius 1 is 0.933 bits per heavy atom. The van der Waals surface area contributed by atoms with Crippen LogP contribution in [0.25, 0.3) is 0 Å². The number of pyridine rings is 1. The molecule has 0 bridgehead atoms. The topological polar surface area (TPSA) is 83.0 Å². The minimum atomic E-state index is -4.56. The first-order valence-electron chi connectivity index (χ1n) is 14.1. The summed E-state index contributed by atoms with van der Waals surface area (Å²) >= 11 is 12.4. The summed E-state index contributed by atoms with van der Waals surface area (Å²) in [5.74, 6) is -1.68. The minimum absolute atomic E-state index is 0.102. The molecule has 5 rings (SSSR count). The van der Waals surface area contributed by atoms with Gasteiger partial charge in [0.05, 0.1) is 21.7 Å². The molecule has 238 valence electrons. The molecular formula is C31H28Cl2F4N4O4. The number of carbonyl (C=O) groups is 3. The van der Waals surface area contributed by atoms with Crippen LogP contribution in [0.1, 0.15) is 40.4 Å². The van der Waals surface area contributed by atoms with Gasteiger partial charge < -0.3 is 19.4 Å². The molecule has 3 amide bonds. The van der Waals surface area contributed by atoms with Crippen LogP contribution >= 0.6 is 23.2 Å². The molecule has 45 heavy (non-hydrogen) atoms. The summed E-state index contributed by atoms with van der Waals surface area (Å²) in [4.78, 5) is 48.0. The lowest BCUT2D eigenvalue weighted by atomic mass is 9.93. The zero-order valence-electron chi connectivity index (χ0n) is 23.9. The van der Waals surface area contributed by atoms with Crippen LogP contribution in [0, 0.1) is 11.7 Å². The summed E-state index contributed by atoms with van der Waals surface area (Å²) in [6.07, 6.45) is -3.91. The lowest BCUT2D eigenvalue weighted by molar-refractivity contribution is -0.138. The van der Waals surface area contributed by atoms with Gasteiger partial charge in [-0.1, -0.05) is 29.3 Å². The fourth-order valence-corrected chi connectivity index (χ4v) is 5.98. The number of benzene rings is 2. The number of hydrogen-bond acceptors (Lipinski definition) is 5. The normalized spacial score (nSPS) is 19.0. The van der Waals surface area contributed by atoms with Gasteiger partial charge in [-0.05, 0) is 66.9 Å². The van der Waals surface area contributed by atoms with Crippen LogP contribution in [0.4, 0.5) is 22.4 Å². The number of aromatic nitrogens is 1. The smallest absolute Gasteiger partial charge is 0.410 e. The summed E-state index contributed by atoms with van der Waals surface area (Å²) in [6.45, 7) is 0.947. The lowest BCUT2D eigenvalue weighted by Crippen LogP contribution is -2.46. The van der Waals surface area contributed by atoms with Gasteiger partial charge in [0.15, 0.2) is 0 Å². The van der Waals surface area contributed by atoms with E-state index in [1.54, 1.807) is 30.1 Å². The largest absolute Gasteiger partial charge is 0.417 e. The standard InChI is InChI=1S/C31H28Cl2F4N4O4/c1-39(30(44)45-22-6-4-21(34)5-7-22)27-17-41(16-23(27)19-2-8-24(32)25(33)14-19)28(42)18-10-12-40(13-11-18)29(43)26-9-3-20(15-38-26)31(35,36)37/h2-9,14-15,18,23,27H,10-13,16-17H2,1H3. The van der Waals surface area contributed by atoms with Gasteiger partial charge in [0.2, 0.25) is 5.91 Å². The van der Waals surface area contributed by atoms with Crippen molar-refractivity contribution >= 4 is 41.1 Å². The maximum absolute atomic E-state index is 13.7. The highest BCUT2D eigenvalue weighted by Crippen LogP contribution is 2.36. The van der Waals surface area contributed by atoms with Crippen molar-refractivity contribution in [2.45, 2.75) is 31.0 Å². The molecular weight excluding hydrogens is 639 g/mol. The zero-order valence-corrected chi connectivity index (χ0v) is 25.4. The Hall–Kier alpha value is -3.90. The number of likely N-dealkylation sites (tertiary alicyclic amines) is 2. The maximum atomic E-state index is 13.7. The van der Waals surface area contributed by atoms with Crippen molar-refractivity contribution < 1.29 is 36.7 Å². The second-order valence-electron chi connectivity index (χ2n) is 11.0. The van der Waals surface area contributed by atoms with E-state index in [4.69, 9.17) is 27.9 Å². The molecule has 0 N–H and O–H groups in total. The van der Waals surface area contributed by atoms with E-state index < -0.39 is 41.5 Å². The van der Waals surface area contributed by atoms with Gasteiger partial charge in [0, 0.05) is 51.3 Å². The summed E-state index contributed by atoms with van der Waals surface area (Å²) < 4.78 is 57.4. The van der Waals surface area contributed by atoms with Crippen molar-refractivity contribution in [3.63, 3.8) is 0 Å². The molecule has 0 saturated carbocycles. The number of carbonyl (C=O) groups excluding carboxylic acids is 3. The molecule has 2 fully saturated rings. The zero-order chi connectivity index (χ0) is 32.5. The van der Waals surface area contributed by atoms with Crippen molar-refractivity contribution in [2.75, 3.05) is 33.2 Å². The third kappa shape index (κ3) is 7.33. The number of rotatable bonds is 5. The van der Waals surface area contributed by atoms with E-state index in [2.05, 4.69) is 4.98 Å². The fraction of sp³-hybridized carbons (Fsp3) is 0.355. The highest BCUT2D eigenvalue weighted by Gasteiger charge is 2.43. The van der Waals surface area contributed by atoms with Gasteiger partial charge in [-0.2, -0.15) is 13.2 Å². The van der Waals surface area contributed by atoms with Crippen molar-refractivity contribution in [3.8, 4) is 5.75 Å². The summed E-state index contributed by atoms with van der Waals surface area (Å²) in [5, 5.41) is 0.689.